The van der Waals surface area contributed by atoms with E-state index in [2.05, 4.69) is 0 Å². The van der Waals surface area contributed by atoms with Crippen LogP contribution in [0.3, 0.4) is 0 Å². The van der Waals surface area contributed by atoms with E-state index in [9.17, 15) is 0 Å². The van der Waals surface area contributed by atoms with E-state index in [1.165, 1.54) is 0 Å². The molecule has 0 aromatic carbocycles. The van der Waals surface area contributed by atoms with Gasteiger partial charge in [0.2, 0.25) is 0 Å². The van der Waals surface area contributed by atoms with Crippen molar-refractivity contribution in [1.29, 1.82) is 0 Å². The van der Waals surface area contributed by atoms with Crippen LogP contribution in [0.25, 0.3) is 0 Å². The third-order valence-corrected chi connectivity index (χ3v) is 0. The van der Waals surface area contributed by atoms with Crippen LogP contribution < -0.4 is 0 Å². The summed E-state index contributed by atoms with van der Waals surface area (Å²) in [4.78, 5) is 0. The molecule has 0 atom stereocenters. The van der Waals surface area contributed by atoms with E-state index in [0.29, 0.717) is 0 Å². The molecule has 0 N–H and O–H groups in total. The van der Waals surface area contributed by atoms with Crippen LogP contribution in [0.5, 0.6) is 0 Å². The van der Waals surface area contributed by atoms with Gasteiger partial charge in [-0.15, -0.1) is 0 Å². The minimum Gasteiger partial charge on any atom is -1.00 e. The molecule has 0 aromatic rings. The smallest absolute Gasteiger partial charge is 1.00 e. The van der Waals surface area contributed by atoms with Gasteiger partial charge in [-0.3, -0.25) is 0 Å². The maximum Gasteiger partial charge on any atom is 1.00 e. The van der Waals surface area contributed by atoms with E-state index >= 15 is 0 Å². The van der Waals surface area contributed by atoms with Gasteiger partial charge in [-0.1, -0.05) is 0 Å². The Balaban J connectivity index is -0.00000000500. The Hall–Kier alpha value is 0.599. The quantitative estimate of drug-likeness (QED) is 0.263. The standard InChI is InChI=1S/C2.2Cu/c1-2;;/q-2;2*+1. The van der Waals surface area contributed by atoms with Crippen LogP contribution in [0.15, 0.2) is 0 Å². The number of hydrogen-bond acceptors (Lipinski definition) is 0. The summed E-state index contributed by atoms with van der Waals surface area (Å²) in [6, 6.07) is 0. The van der Waals surface area contributed by atoms with Gasteiger partial charge in [0.1, 0.15) is 0 Å². The summed E-state index contributed by atoms with van der Waals surface area (Å²) in [5.41, 5.74) is 0. The predicted octanol–water partition coefficient (Wildman–Crippen LogP) is 0.158. The van der Waals surface area contributed by atoms with Gasteiger partial charge >= 0.3 is 34.1 Å². The monoisotopic (exact) mass is 150 g/mol. The minimum absolute atomic E-state index is 0. The largest absolute Gasteiger partial charge is 1.00 e. The molecule has 0 nitrogen and oxygen atoms in total. The Morgan fingerprint density at radius 2 is 0.750 bits per heavy atom. The summed E-state index contributed by atoms with van der Waals surface area (Å²) >= 11 is 0. The topological polar surface area (TPSA) is 0 Å². The first-order valence-corrected chi connectivity index (χ1v) is 0.250. The molecule has 0 amide bonds. The molecule has 0 saturated heterocycles. The van der Waals surface area contributed by atoms with E-state index in [1.54, 1.807) is 0 Å². The van der Waals surface area contributed by atoms with Crippen molar-refractivity contribution >= 4 is 0 Å². The Morgan fingerprint density at radius 1 is 0.750 bits per heavy atom. The number of hydrogen-bond donors (Lipinski definition) is 0. The zero-order valence-corrected chi connectivity index (χ0v) is 3.49. The third-order valence-electron chi connectivity index (χ3n) is 0. The first kappa shape index (κ1) is 23.3. The van der Waals surface area contributed by atoms with Gasteiger partial charge in [0, 0.05) is 0 Å². The van der Waals surface area contributed by atoms with Crippen LogP contribution in [0.4, 0.5) is 0 Å². The number of rotatable bonds is 0. The summed E-state index contributed by atoms with van der Waals surface area (Å²) in [6.07, 6.45) is 10.0. The second-order valence-electron chi connectivity index (χ2n) is 0. The molecule has 0 saturated carbocycles. The summed E-state index contributed by atoms with van der Waals surface area (Å²) < 4.78 is 0. The normalized spacial score (nSPS) is 0.500. The maximum absolute atomic E-state index is 5.00. The van der Waals surface area contributed by atoms with Crippen molar-refractivity contribution < 1.29 is 34.1 Å². The van der Waals surface area contributed by atoms with E-state index < -0.39 is 0 Å². The van der Waals surface area contributed by atoms with Crippen LogP contribution in [0.1, 0.15) is 0 Å². The molecule has 0 aromatic heterocycles. The van der Waals surface area contributed by atoms with Crippen molar-refractivity contribution in [2.24, 2.45) is 0 Å². The fraction of sp³-hybridized carbons (Fsp3) is 0. The van der Waals surface area contributed by atoms with Gasteiger partial charge in [0.25, 0.3) is 0 Å². The van der Waals surface area contributed by atoms with Gasteiger partial charge < -0.3 is 12.8 Å². The summed E-state index contributed by atoms with van der Waals surface area (Å²) in [5, 5.41) is 0. The maximum atomic E-state index is 5.00. The molecule has 30 valence electrons. The van der Waals surface area contributed by atoms with E-state index in [4.69, 9.17) is 12.8 Å². The predicted molar refractivity (Wildman–Crippen MR) is 6.49 cm³/mol. The Morgan fingerprint density at radius 3 is 0.750 bits per heavy atom. The molecule has 0 fully saturated rings. The molecular weight excluding hydrogens is 151 g/mol. The van der Waals surface area contributed by atoms with Gasteiger partial charge in [0.05, 0.1) is 0 Å². The van der Waals surface area contributed by atoms with Crippen LogP contribution in [0.2, 0.25) is 0 Å². The summed E-state index contributed by atoms with van der Waals surface area (Å²) in [5.74, 6) is 0. The molecule has 0 aliphatic carbocycles. The summed E-state index contributed by atoms with van der Waals surface area (Å²) in [6.45, 7) is 0. The van der Waals surface area contributed by atoms with Crippen LogP contribution in [0, 0.1) is 12.8 Å². The minimum atomic E-state index is 0. The van der Waals surface area contributed by atoms with Gasteiger partial charge in [-0.25, -0.2) is 0 Å². The first-order valence-electron chi connectivity index (χ1n) is 0.250. The molecular formula is C2Cu2. The van der Waals surface area contributed by atoms with Crippen molar-refractivity contribution in [2.45, 2.75) is 0 Å². The Labute approximate surface area is 47.3 Å². The van der Waals surface area contributed by atoms with Crippen molar-refractivity contribution in [2.75, 3.05) is 0 Å². The molecule has 2 heteroatoms. The molecule has 0 spiro atoms. The molecule has 0 unspecified atom stereocenters. The molecule has 0 aliphatic heterocycles. The Bertz CT molecular complexity index is 8.75. The van der Waals surface area contributed by atoms with Crippen molar-refractivity contribution in [1.82, 2.24) is 0 Å². The first-order chi connectivity index (χ1) is 1.00. The fourth-order valence-electron chi connectivity index (χ4n) is 0. The van der Waals surface area contributed by atoms with E-state index in [-0.39, 0.29) is 34.1 Å². The second kappa shape index (κ2) is 67.8. The van der Waals surface area contributed by atoms with Gasteiger partial charge in [-0.05, 0) is 0 Å². The van der Waals surface area contributed by atoms with Crippen LogP contribution in [-0.4, -0.2) is 0 Å². The molecule has 4 heavy (non-hydrogen) atoms. The molecule has 0 bridgehead atoms. The second-order valence-corrected chi connectivity index (χ2v) is 0. The molecule has 0 aliphatic rings. The van der Waals surface area contributed by atoms with Crippen molar-refractivity contribution in [3.05, 3.63) is 12.8 Å². The third kappa shape index (κ3) is 18.5. The average molecular weight is 151 g/mol. The van der Waals surface area contributed by atoms with E-state index in [1.807, 2.05) is 0 Å². The zero-order valence-electron chi connectivity index (χ0n) is 1.60. The van der Waals surface area contributed by atoms with Crippen LogP contribution >= 0.6 is 0 Å². The van der Waals surface area contributed by atoms with Crippen molar-refractivity contribution in [3.63, 3.8) is 0 Å². The SMILES string of the molecule is [C-]#[C-].[Cu+].[Cu+]. The van der Waals surface area contributed by atoms with Crippen LogP contribution in [-0.2, 0) is 34.1 Å². The van der Waals surface area contributed by atoms with Gasteiger partial charge in [0.15, 0.2) is 0 Å². The van der Waals surface area contributed by atoms with E-state index in [0.717, 1.165) is 0 Å². The Kier molecular flexibility index (Phi) is 395. The van der Waals surface area contributed by atoms with Crippen molar-refractivity contribution in [3.8, 4) is 0 Å². The molecule has 0 radical (unpaired) electrons. The van der Waals surface area contributed by atoms with Gasteiger partial charge in [-0.2, -0.15) is 0 Å². The fourth-order valence-corrected chi connectivity index (χ4v) is 0. The average Bonchev–Trinajstić information content (AvgIpc) is 1.00. The molecule has 0 heterocycles. The summed E-state index contributed by atoms with van der Waals surface area (Å²) in [7, 11) is 0. The molecule has 0 rings (SSSR count). The zero-order chi connectivity index (χ0) is 2.00.